The minimum Gasteiger partial charge on any atom is -0.458 e. The van der Waals surface area contributed by atoms with Crippen molar-refractivity contribution in [2.24, 2.45) is 39.9 Å². The summed E-state index contributed by atoms with van der Waals surface area (Å²) < 4.78 is 6.92. The minimum atomic E-state index is -0.435. The predicted molar refractivity (Wildman–Crippen MR) is 131 cm³/mol. The molecule has 0 N–H and O–H groups in total. The van der Waals surface area contributed by atoms with E-state index in [1.165, 1.54) is 32.1 Å². The van der Waals surface area contributed by atoms with E-state index >= 15 is 0 Å². The van der Waals surface area contributed by atoms with Crippen LogP contribution in [0, 0.1) is 39.9 Å². The van der Waals surface area contributed by atoms with Crippen molar-refractivity contribution in [1.29, 1.82) is 0 Å². The third-order valence-electron chi connectivity index (χ3n) is 11.2. The van der Waals surface area contributed by atoms with Gasteiger partial charge in [0.15, 0.2) is 0 Å². The molecule has 0 aromatic rings. The van der Waals surface area contributed by atoms with Crippen molar-refractivity contribution >= 4 is 5.97 Å². The molecule has 0 spiro atoms. The van der Waals surface area contributed by atoms with Crippen molar-refractivity contribution < 1.29 is 9.53 Å². The number of ether oxygens (including phenoxy) is 1. The van der Waals surface area contributed by atoms with E-state index in [2.05, 4.69) is 55.4 Å². The van der Waals surface area contributed by atoms with Gasteiger partial charge in [0.05, 0.1) is 5.41 Å². The van der Waals surface area contributed by atoms with Gasteiger partial charge in [-0.25, -0.2) is 0 Å². The number of carbonyl (C=O) groups is 1. The van der Waals surface area contributed by atoms with Crippen molar-refractivity contribution in [3.05, 3.63) is 0 Å². The molecular formula is C29H52O2. The van der Waals surface area contributed by atoms with Crippen LogP contribution in [0.3, 0.4) is 0 Å². The summed E-state index contributed by atoms with van der Waals surface area (Å²) >= 11 is 0. The zero-order valence-electron chi connectivity index (χ0n) is 22.1. The van der Waals surface area contributed by atoms with Crippen LogP contribution in [0.4, 0.5) is 0 Å². The Morgan fingerprint density at radius 1 is 0.839 bits per heavy atom. The lowest BCUT2D eigenvalue weighted by Gasteiger charge is -2.61. The fourth-order valence-electron chi connectivity index (χ4n) is 8.36. The highest BCUT2D eigenvalue weighted by Crippen LogP contribution is 2.62. The smallest absolute Gasteiger partial charge is 0.312 e. The molecule has 0 amide bonds. The molecule has 4 aliphatic rings. The largest absolute Gasteiger partial charge is 0.458 e. The Balaban J connectivity index is 1.96. The van der Waals surface area contributed by atoms with Crippen molar-refractivity contribution in [2.75, 3.05) is 0 Å². The molecular weight excluding hydrogens is 380 g/mol. The summed E-state index contributed by atoms with van der Waals surface area (Å²) in [6.07, 6.45) is 14.1. The molecule has 31 heavy (non-hydrogen) atoms. The van der Waals surface area contributed by atoms with Crippen molar-refractivity contribution in [2.45, 2.75) is 138 Å². The van der Waals surface area contributed by atoms with Crippen LogP contribution in [0.2, 0.25) is 0 Å². The van der Waals surface area contributed by atoms with Gasteiger partial charge in [-0.15, -0.1) is 0 Å². The van der Waals surface area contributed by atoms with Crippen molar-refractivity contribution in [3.63, 3.8) is 0 Å². The highest BCUT2D eigenvalue weighted by atomic mass is 16.6. The molecule has 2 unspecified atom stereocenters. The molecule has 4 saturated carbocycles. The molecule has 4 bridgehead atoms. The van der Waals surface area contributed by atoms with Crippen LogP contribution in [-0.2, 0) is 9.53 Å². The van der Waals surface area contributed by atoms with Gasteiger partial charge in [-0.3, -0.25) is 4.79 Å². The lowest BCUT2D eigenvalue weighted by molar-refractivity contribution is -0.226. The summed E-state index contributed by atoms with van der Waals surface area (Å²) in [6.45, 7) is 18.5. The normalized spacial score (nSPS) is 36.1. The SMILES string of the molecule is CCCC(C)(CC)C(C)(CC(C)(CC)CC)C(=O)OC1(CC)C2CC3CC(C2)CC1C3. The van der Waals surface area contributed by atoms with E-state index in [4.69, 9.17) is 4.74 Å². The van der Waals surface area contributed by atoms with E-state index < -0.39 is 5.41 Å². The summed E-state index contributed by atoms with van der Waals surface area (Å²) in [7, 11) is 0. The van der Waals surface area contributed by atoms with Gasteiger partial charge in [0.25, 0.3) is 0 Å². The molecule has 4 rings (SSSR count). The molecule has 2 nitrogen and oxygen atoms in total. The number of hydrogen-bond acceptors (Lipinski definition) is 2. The molecule has 0 heterocycles. The number of esters is 1. The Kier molecular flexibility index (Phi) is 7.30. The molecule has 4 fully saturated rings. The number of carbonyl (C=O) groups excluding carboxylic acids is 1. The second-order valence-electron chi connectivity index (χ2n) is 12.7. The fourth-order valence-corrected chi connectivity index (χ4v) is 8.36. The van der Waals surface area contributed by atoms with Gasteiger partial charge in [-0.2, -0.15) is 0 Å². The monoisotopic (exact) mass is 432 g/mol. The van der Waals surface area contributed by atoms with Crippen LogP contribution < -0.4 is 0 Å². The first-order valence-corrected chi connectivity index (χ1v) is 13.8. The highest BCUT2D eigenvalue weighted by molar-refractivity contribution is 5.78. The van der Waals surface area contributed by atoms with E-state index in [1.807, 2.05) is 0 Å². The van der Waals surface area contributed by atoms with Crippen LogP contribution in [0.1, 0.15) is 132 Å². The Bertz CT molecular complexity index is 605. The topological polar surface area (TPSA) is 26.3 Å². The maximum absolute atomic E-state index is 14.4. The van der Waals surface area contributed by atoms with Crippen LogP contribution in [0.5, 0.6) is 0 Å². The molecule has 0 radical (unpaired) electrons. The van der Waals surface area contributed by atoms with E-state index in [0.29, 0.717) is 11.8 Å². The van der Waals surface area contributed by atoms with Gasteiger partial charge < -0.3 is 4.74 Å². The summed E-state index contributed by atoms with van der Waals surface area (Å²) in [5.41, 5.74) is -0.469. The van der Waals surface area contributed by atoms with Crippen LogP contribution in [0.25, 0.3) is 0 Å². The molecule has 0 aromatic heterocycles. The van der Waals surface area contributed by atoms with E-state index in [-0.39, 0.29) is 22.4 Å². The fraction of sp³-hybridized carbons (Fsp3) is 0.966. The maximum Gasteiger partial charge on any atom is 0.312 e. The maximum atomic E-state index is 14.4. The van der Waals surface area contributed by atoms with Gasteiger partial charge in [0.1, 0.15) is 5.60 Å². The van der Waals surface area contributed by atoms with E-state index in [1.54, 1.807) is 0 Å². The van der Waals surface area contributed by atoms with E-state index in [9.17, 15) is 4.79 Å². The Morgan fingerprint density at radius 2 is 1.35 bits per heavy atom. The molecule has 0 saturated heterocycles. The third kappa shape index (κ3) is 4.12. The molecule has 4 aliphatic carbocycles. The minimum absolute atomic E-state index is 0.0225. The summed E-state index contributed by atoms with van der Waals surface area (Å²) in [5, 5.41) is 0. The molecule has 2 heteroatoms. The van der Waals surface area contributed by atoms with Crippen molar-refractivity contribution in [1.82, 2.24) is 0 Å². The number of hydrogen-bond donors (Lipinski definition) is 0. The molecule has 0 aliphatic heterocycles. The lowest BCUT2D eigenvalue weighted by Crippen LogP contribution is -2.61. The Morgan fingerprint density at radius 3 is 1.74 bits per heavy atom. The number of rotatable bonds is 11. The average Bonchev–Trinajstić information content (AvgIpc) is 2.75. The molecule has 2 atom stereocenters. The first kappa shape index (κ1) is 25.1. The van der Waals surface area contributed by atoms with Gasteiger partial charge >= 0.3 is 5.97 Å². The first-order valence-electron chi connectivity index (χ1n) is 13.8. The van der Waals surface area contributed by atoms with Crippen LogP contribution in [0.15, 0.2) is 0 Å². The second-order valence-corrected chi connectivity index (χ2v) is 12.7. The third-order valence-corrected chi connectivity index (χ3v) is 11.2. The first-order chi connectivity index (χ1) is 14.5. The van der Waals surface area contributed by atoms with Crippen molar-refractivity contribution in [3.8, 4) is 0 Å². The molecule has 0 aromatic carbocycles. The summed E-state index contributed by atoms with van der Waals surface area (Å²) in [4.78, 5) is 14.4. The second kappa shape index (κ2) is 9.02. The highest BCUT2D eigenvalue weighted by Gasteiger charge is 2.61. The zero-order chi connectivity index (χ0) is 23.1. The molecule has 180 valence electrons. The van der Waals surface area contributed by atoms with Gasteiger partial charge in [0.2, 0.25) is 0 Å². The standard InChI is InChI=1S/C29H52O2/c1-9-14-27(7,12-4)28(8,20-26(6,10-2)11-3)25(30)31-29(13-5)23-16-21-15-22(18-23)19-24(29)17-21/h21-24H,9-20H2,1-8H3. The van der Waals surface area contributed by atoms with E-state index in [0.717, 1.165) is 56.8 Å². The quantitative estimate of drug-likeness (QED) is 0.306. The van der Waals surface area contributed by atoms with Crippen LogP contribution >= 0.6 is 0 Å². The van der Waals surface area contributed by atoms with Crippen LogP contribution in [-0.4, -0.2) is 11.6 Å². The Hall–Kier alpha value is -0.530. The summed E-state index contributed by atoms with van der Waals surface area (Å²) in [6, 6.07) is 0. The predicted octanol–water partition coefficient (Wildman–Crippen LogP) is 8.57. The Labute approximate surface area is 193 Å². The van der Waals surface area contributed by atoms with Gasteiger partial charge in [-0.1, -0.05) is 67.7 Å². The average molecular weight is 433 g/mol. The van der Waals surface area contributed by atoms with Gasteiger partial charge in [0, 0.05) is 0 Å². The van der Waals surface area contributed by atoms with Gasteiger partial charge in [-0.05, 0) is 99.2 Å². The zero-order valence-corrected chi connectivity index (χ0v) is 22.1. The summed E-state index contributed by atoms with van der Waals surface area (Å²) in [5.74, 6) is 3.13. The lowest BCUT2D eigenvalue weighted by atomic mass is 9.49.